The van der Waals surface area contributed by atoms with Crippen molar-refractivity contribution in [1.82, 2.24) is 19.4 Å². The molecule has 0 radical (unpaired) electrons. The molecule has 3 aromatic rings. The molecule has 10 heteroatoms. The van der Waals surface area contributed by atoms with Crippen LogP contribution in [0.1, 0.15) is 55.3 Å². The number of halogens is 1. The molecule has 5 rings (SSSR count). The number of carbonyl (C=O) groups excluding carboxylic acids is 1. The zero-order valence-corrected chi connectivity index (χ0v) is 20.5. The van der Waals surface area contributed by atoms with Crippen molar-refractivity contribution >= 4 is 34.3 Å². The third-order valence-corrected chi connectivity index (χ3v) is 7.40. The number of carbonyl (C=O) groups is 1. The van der Waals surface area contributed by atoms with Crippen molar-refractivity contribution in [2.75, 3.05) is 30.3 Å². The zero-order valence-electron chi connectivity index (χ0n) is 20.5. The van der Waals surface area contributed by atoms with E-state index in [1.807, 2.05) is 18.3 Å². The second kappa shape index (κ2) is 10.8. The van der Waals surface area contributed by atoms with E-state index in [0.717, 1.165) is 74.6 Å². The number of hydrogen-bond acceptors (Lipinski definition) is 7. The normalized spacial score (nSPS) is 20.9. The highest BCUT2D eigenvalue weighted by Crippen LogP contribution is 2.30. The van der Waals surface area contributed by atoms with Gasteiger partial charge in [-0.05, 0) is 57.0 Å². The molecule has 2 fully saturated rings. The summed E-state index contributed by atoms with van der Waals surface area (Å²) >= 11 is 0. The molecule has 1 aliphatic heterocycles. The lowest BCUT2D eigenvalue weighted by molar-refractivity contribution is 0.100. The van der Waals surface area contributed by atoms with Gasteiger partial charge in [0.2, 0.25) is 0 Å². The number of fused-ring (bicyclic) bond motifs is 1. The Morgan fingerprint density at radius 1 is 1.08 bits per heavy atom. The number of piperidine rings is 1. The fourth-order valence-electron chi connectivity index (χ4n) is 5.33. The van der Waals surface area contributed by atoms with Crippen LogP contribution in [0.15, 0.2) is 30.6 Å². The molecule has 0 spiro atoms. The van der Waals surface area contributed by atoms with E-state index in [9.17, 15) is 9.18 Å². The average molecular weight is 495 g/mol. The van der Waals surface area contributed by atoms with Crippen molar-refractivity contribution in [1.29, 1.82) is 0 Å². The molecule has 6 N–H and O–H groups in total. The van der Waals surface area contributed by atoms with Gasteiger partial charge in [-0.3, -0.25) is 4.79 Å². The van der Waals surface area contributed by atoms with Crippen LogP contribution in [0.25, 0.3) is 11.0 Å². The molecular formula is C26H35FN8O. The summed E-state index contributed by atoms with van der Waals surface area (Å²) in [7, 11) is 0. The Balaban J connectivity index is 1.40. The van der Waals surface area contributed by atoms with Crippen LogP contribution >= 0.6 is 0 Å². The van der Waals surface area contributed by atoms with Gasteiger partial charge in [0.05, 0.1) is 11.3 Å². The summed E-state index contributed by atoms with van der Waals surface area (Å²) in [5, 5.41) is 7.26. The highest BCUT2D eigenvalue weighted by atomic mass is 19.1. The number of amides is 1. The molecule has 0 bridgehead atoms. The molecule has 192 valence electrons. The zero-order chi connectivity index (χ0) is 25.1. The molecule has 4 heterocycles. The van der Waals surface area contributed by atoms with Gasteiger partial charge in [0.25, 0.3) is 5.91 Å². The highest BCUT2D eigenvalue weighted by molar-refractivity contribution is 6.00. The van der Waals surface area contributed by atoms with Gasteiger partial charge in [0, 0.05) is 43.0 Å². The van der Waals surface area contributed by atoms with Crippen molar-refractivity contribution in [3.05, 3.63) is 42.0 Å². The van der Waals surface area contributed by atoms with Gasteiger partial charge in [-0.25, -0.2) is 14.4 Å². The molecule has 1 amide bonds. The molecule has 3 aromatic heterocycles. The van der Waals surface area contributed by atoms with Crippen LogP contribution in [0, 0.1) is 5.82 Å². The fraction of sp³-hybridized carbons (Fsp3) is 0.500. The lowest BCUT2D eigenvalue weighted by Crippen LogP contribution is -2.43. The number of pyridine rings is 2. The van der Waals surface area contributed by atoms with E-state index < -0.39 is 11.7 Å². The molecule has 2 atom stereocenters. The minimum atomic E-state index is -0.755. The first kappa shape index (κ1) is 24.5. The van der Waals surface area contributed by atoms with Crippen LogP contribution in [0.4, 0.5) is 21.7 Å². The Bertz CT molecular complexity index is 1220. The average Bonchev–Trinajstić information content (AvgIpc) is 3.30. The van der Waals surface area contributed by atoms with Gasteiger partial charge in [-0.15, -0.1) is 0 Å². The maximum atomic E-state index is 14.9. The second-order valence-electron chi connectivity index (χ2n) is 9.91. The third kappa shape index (κ3) is 5.29. The molecule has 36 heavy (non-hydrogen) atoms. The van der Waals surface area contributed by atoms with Crippen molar-refractivity contribution in [2.24, 2.45) is 11.5 Å². The molecule has 1 saturated carbocycles. The van der Waals surface area contributed by atoms with Gasteiger partial charge < -0.3 is 31.6 Å². The van der Waals surface area contributed by atoms with E-state index >= 15 is 0 Å². The second-order valence-corrected chi connectivity index (χ2v) is 9.91. The summed E-state index contributed by atoms with van der Waals surface area (Å²) in [6.07, 6.45) is 11.4. The summed E-state index contributed by atoms with van der Waals surface area (Å²) < 4.78 is 17.0. The first-order valence-corrected chi connectivity index (χ1v) is 13.0. The van der Waals surface area contributed by atoms with E-state index in [-0.39, 0.29) is 29.3 Å². The predicted octanol–water partition coefficient (Wildman–Crippen LogP) is 3.58. The maximum absolute atomic E-state index is 14.9. The van der Waals surface area contributed by atoms with Crippen LogP contribution in [0.5, 0.6) is 0 Å². The molecule has 1 saturated heterocycles. The van der Waals surface area contributed by atoms with Gasteiger partial charge in [0.15, 0.2) is 11.6 Å². The van der Waals surface area contributed by atoms with E-state index in [0.29, 0.717) is 0 Å². The summed E-state index contributed by atoms with van der Waals surface area (Å²) in [6, 6.07) is 4.80. The minimum Gasteiger partial charge on any atom is -0.365 e. The largest absolute Gasteiger partial charge is 0.365 e. The van der Waals surface area contributed by atoms with E-state index in [4.69, 9.17) is 11.5 Å². The van der Waals surface area contributed by atoms with E-state index in [2.05, 4.69) is 30.1 Å². The van der Waals surface area contributed by atoms with Crippen LogP contribution in [-0.4, -0.2) is 57.1 Å². The van der Waals surface area contributed by atoms with Crippen LogP contribution < -0.4 is 22.1 Å². The van der Waals surface area contributed by atoms with E-state index in [1.165, 1.54) is 19.3 Å². The Kier molecular flexibility index (Phi) is 7.33. The van der Waals surface area contributed by atoms with Gasteiger partial charge in [0.1, 0.15) is 11.5 Å². The lowest BCUT2D eigenvalue weighted by atomic mass is 9.91. The number of aromatic nitrogens is 3. The Morgan fingerprint density at radius 3 is 2.67 bits per heavy atom. The topological polar surface area (TPSA) is 127 Å². The number of hydrogen-bond donors (Lipinski definition) is 4. The summed E-state index contributed by atoms with van der Waals surface area (Å²) in [5.41, 5.74) is 13.4. The standard InChI is InChI=1S/C26H35FN8O/c27-19-16-18(23(29)36)24(33-25(19)32-22-7-3-2-6-20(22)28)31-21-8-10-30-26-17(21)9-13-35(26)15-14-34-11-4-1-5-12-34/h8-10,13,16,20,22H,1-7,11-12,14-15,28H2,(H2,29,36)(H2,30,31,32,33). The van der Waals surface area contributed by atoms with Crippen molar-refractivity contribution in [3.8, 4) is 0 Å². The minimum absolute atomic E-state index is 0.0134. The molecule has 1 aliphatic carbocycles. The van der Waals surface area contributed by atoms with Gasteiger partial charge >= 0.3 is 0 Å². The first-order valence-electron chi connectivity index (χ1n) is 13.0. The highest BCUT2D eigenvalue weighted by Gasteiger charge is 2.25. The van der Waals surface area contributed by atoms with Crippen LogP contribution in [0.2, 0.25) is 0 Å². The quantitative estimate of drug-likeness (QED) is 0.377. The van der Waals surface area contributed by atoms with Gasteiger partial charge in [-0.2, -0.15) is 0 Å². The van der Waals surface area contributed by atoms with E-state index in [1.54, 1.807) is 6.20 Å². The smallest absolute Gasteiger partial charge is 0.252 e. The number of primary amides is 1. The summed E-state index contributed by atoms with van der Waals surface area (Å²) in [6.45, 7) is 4.12. The molecule has 2 unspecified atom stereocenters. The number of likely N-dealkylation sites (tertiary alicyclic amines) is 1. The fourth-order valence-corrected chi connectivity index (χ4v) is 5.33. The van der Waals surface area contributed by atoms with Crippen molar-refractivity contribution in [3.63, 3.8) is 0 Å². The predicted molar refractivity (Wildman–Crippen MR) is 140 cm³/mol. The number of nitrogens with two attached hydrogens (primary N) is 2. The van der Waals surface area contributed by atoms with Crippen LogP contribution in [0.3, 0.4) is 0 Å². The Morgan fingerprint density at radius 2 is 1.89 bits per heavy atom. The van der Waals surface area contributed by atoms with Crippen molar-refractivity contribution in [2.45, 2.75) is 63.6 Å². The van der Waals surface area contributed by atoms with Crippen molar-refractivity contribution < 1.29 is 9.18 Å². The Labute approximate surface area is 210 Å². The molecule has 0 aromatic carbocycles. The molecule has 9 nitrogen and oxygen atoms in total. The van der Waals surface area contributed by atoms with Gasteiger partial charge in [-0.1, -0.05) is 19.3 Å². The number of nitrogens with one attached hydrogen (secondary N) is 2. The Hall–Kier alpha value is -3.24. The first-order chi connectivity index (χ1) is 17.5. The maximum Gasteiger partial charge on any atom is 0.252 e. The molecule has 2 aliphatic rings. The summed E-state index contributed by atoms with van der Waals surface area (Å²) in [4.78, 5) is 23.7. The number of nitrogens with zero attached hydrogens (tertiary/aromatic N) is 4. The third-order valence-electron chi connectivity index (χ3n) is 7.40. The SMILES string of the molecule is NC(=O)c1cc(F)c(NC2CCCCC2N)nc1Nc1ccnc2c1ccn2CCN1CCCCC1. The lowest BCUT2D eigenvalue weighted by Gasteiger charge is -2.30. The number of rotatable bonds is 8. The number of anilines is 3. The van der Waals surface area contributed by atoms with Crippen LogP contribution in [-0.2, 0) is 6.54 Å². The molecular weight excluding hydrogens is 459 g/mol. The monoisotopic (exact) mass is 494 g/mol. The summed E-state index contributed by atoms with van der Waals surface area (Å²) in [5.74, 6) is -1.12.